The average molecular weight is 432 g/mol. The number of carbonyl (C=O) groups excluding carboxylic acids is 2. The van der Waals surface area contributed by atoms with Gasteiger partial charge in [0, 0.05) is 11.7 Å². The summed E-state index contributed by atoms with van der Waals surface area (Å²) in [6.07, 6.45) is 1.49. The third-order valence-electron chi connectivity index (χ3n) is 5.16. The first-order valence-electron chi connectivity index (χ1n) is 9.99. The van der Waals surface area contributed by atoms with Crippen molar-refractivity contribution < 1.29 is 18.7 Å². The van der Waals surface area contributed by atoms with Crippen LogP contribution in [0.2, 0.25) is 0 Å². The molecule has 0 spiro atoms. The summed E-state index contributed by atoms with van der Waals surface area (Å²) in [6.45, 7) is 5.86. The maximum Gasteiger partial charge on any atom is 0.338 e. The molecule has 8 heteroatoms. The lowest BCUT2D eigenvalue weighted by atomic mass is 9.93. The van der Waals surface area contributed by atoms with E-state index in [1.54, 1.807) is 12.1 Å². The third-order valence-corrected chi connectivity index (χ3v) is 6.04. The van der Waals surface area contributed by atoms with Crippen molar-refractivity contribution in [1.29, 1.82) is 0 Å². The smallest absolute Gasteiger partial charge is 0.338 e. The molecule has 1 aromatic rings. The molecule has 3 rings (SSSR count). The van der Waals surface area contributed by atoms with Crippen molar-refractivity contribution in [2.24, 2.45) is 4.99 Å². The fraction of sp³-hybridized carbons (Fsp3) is 0.409. The number of rotatable bonds is 7. The molecule has 0 fully saturated rings. The first-order chi connectivity index (χ1) is 14.4. The summed E-state index contributed by atoms with van der Waals surface area (Å²) in [6, 6.07) is 5.60. The zero-order valence-electron chi connectivity index (χ0n) is 17.6. The molecule has 1 aromatic carbocycles. The molecule has 30 heavy (non-hydrogen) atoms. The maximum atomic E-state index is 14.1. The highest BCUT2D eigenvalue weighted by Crippen LogP contribution is 2.45. The summed E-state index contributed by atoms with van der Waals surface area (Å²) in [5.74, 6) is -1.02. The van der Waals surface area contributed by atoms with E-state index < -0.39 is 17.8 Å². The number of amidine groups is 1. The van der Waals surface area contributed by atoms with Crippen molar-refractivity contribution in [3.8, 4) is 0 Å². The van der Waals surface area contributed by atoms with Gasteiger partial charge in [-0.2, -0.15) is 0 Å². The number of thioether (sulfide) groups is 1. The number of hydrogen-bond donors (Lipinski definition) is 1. The molecule has 0 radical (unpaired) electrons. The molecule has 0 saturated heterocycles. The van der Waals surface area contributed by atoms with E-state index in [9.17, 15) is 14.0 Å². The zero-order valence-corrected chi connectivity index (χ0v) is 18.4. The van der Waals surface area contributed by atoms with Gasteiger partial charge in [-0.3, -0.25) is 4.79 Å². The minimum atomic E-state index is -0.617. The van der Waals surface area contributed by atoms with Crippen LogP contribution in [0.3, 0.4) is 0 Å². The van der Waals surface area contributed by atoms with Gasteiger partial charge in [0.05, 0.1) is 30.8 Å². The van der Waals surface area contributed by atoms with Gasteiger partial charge in [-0.1, -0.05) is 37.7 Å². The second-order valence-electron chi connectivity index (χ2n) is 7.21. The number of esters is 1. The first kappa shape index (κ1) is 22.1. The number of carbonyl (C=O) groups is 2. The molecule has 2 aliphatic heterocycles. The van der Waals surface area contributed by atoms with E-state index in [1.165, 1.54) is 31.0 Å². The predicted octanol–water partition coefficient (Wildman–Crippen LogP) is 4.27. The van der Waals surface area contributed by atoms with E-state index in [1.807, 2.05) is 31.1 Å². The molecule has 2 unspecified atom stereocenters. The van der Waals surface area contributed by atoms with Crippen LogP contribution < -0.4 is 5.32 Å². The standard InChI is InChI=1S/C22H26FN3O3S/c1-5-13(3)24-18(27)11-16-12-30-22-25-17(6-2)19(21(28)29-4)20(26(16)22)14-8-7-9-15(23)10-14/h7-10,12-13,20H,5-6,11H2,1-4H3,(H,24,27). The van der Waals surface area contributed by atoms with Gasteiger partial charge in [-0.05, 0) is 42.9 Å². The lowest BCUT2D eigenvalue weighted by molar-refractivity contribution is -0.136. The molecule has 2 heterocycles. The molecule has 0 aromatic heterocycles. The number of methoxy groups -OCH3 is 1. The highest BCUT2D eigenvalue weighted by molar-refractivity contribution is 8.16. The molecule has 1 amide bonds. The van der Waals surface area contributed by atoms with Crippen LogP contribution in [0.15, 0.2) is 51.6 Å². The summed E-state index contributed by atoms with van der Waals surface area (Å²) in [7, 11) is 1.32. The Hall–Kier alpha value is -2.61. The van der Waals surface area contributed by atoms with E-state index >= 15 is 0 Å². The SMILES string of the molecule is CCC1=C(C(=O)OC)C(c2cccc(F)c2)N2C(CC(=O)NC(C)CC)=CSC2=N1. The fourth-order valence-electron chi connectivity index (χ4n) is 3.50. The summed E-state index contributed by atoms with van der Waals surface area (Å²) in [5.41, 5.74) is 2.29. The third kappa shape index (κ3) is 4.43. The Morgan fingerprint density at radius 2 is 2.13 bits per heavy atom. The Balaban J connectivity index is 2.04. The van der Waals surface area contributed by atoms with Gasteiger partial charge in [-0.15, -0.1) is 0 Å². The van der Waals surface area contributed by atoms with Gasteiger partial charge in [-0.25, -0.2) is 14.2 Å². The summed E-state index contributed by atoms with van der Waals surface area (Å²) < 4.78 is 19.1. The topological polar surface area (TPSA) is 71.0 Å². The lowest BCUT2D eigenvalue weighted by Gasteiger charge is -2.36. The van der Waals surface area contributed by atoms with Crippen molar-refractivity contribution in [2.75, 3.05) is 7.11 Å². The van der Waals surface area contributed by atoms with E-state index in [0.29, 0.717) is 34.1 Å². The number of halogens is 1. The monoisotopic (exact) mass is 431 g/mol. The van der Waals surface area contributed by atoms with E-state index in [4.69, 9.17) is 4.74 Å². The number of fused-ring (bicyclic) bond motifs is 1. The lowest BCUT2D eigenvalue weighted by Crippen LogP contribution is -2.39. The van der Waals surface area contributed by atoms with E-state index in [-0.39, 0.29) is 18.4 Å². The zero-order chi connectivity index (χ0) is 21.8. The van der Waals surface area contributed by atoms with Gasteiger partial charge in [0.25, 0.3) is 0 Å². The van der Waals surface area contributed by atoms with Crippen LogP contribution in [0, 0.1) is 5.82 Å². The highest BCUT2D eigenvalue weighted by Gasteiger charge is 2.41. The Morgan fingerprint density at radius 1 is 1.37 bits per heavy atom. The van der Waals surface area contributed by atoms with Crippen LogP contribution in [-0.2, 0) is 14.3 Å². The van der Waals surface area contributed by atoms with Gasteiger partial charge in [0.1, 0.15) is 5.82 Å². The number of allylic oxidation sites excluding steroid dienone is 1. The van der Waals surface area contributed by atoms with Crippen molar-refractivity contribution in [3.05, 3.63) is 58.0 Å². The number of hydrogen-bond acceptors (Lipinski definition) is 6. The molecule has 6 nitrogen and oxygen atoms in total. The van der Waals surface area contributed by atoms with Crippen molar-refractivity contribution >= 4 is 28.8 Å². The Labute approximate surface area is 180 Å². The molecule has 2 atom stereocenters. The second kappa shape index (κ2) is 9.47. The van der Waals surface area contributed by atoms with Gasteiger partial charge in [0.15, 0.2) is 5.17 Å². The molecule has 1 N–H and O–H groups in total. The summed E-state index contributed by atoms with van der Waals surface area (Å²) in [5, 5.41) is 5.50. The second-order valence-corrected chi connectivity index (χ2v) is 8.04. The number of benzene rings is 1. The normalized spacial score (nSPS) is 19.1. The fourth-order valence-corrected chi connectivity index (χ4v) is 4.43. The Morgan fingerprint density at radius 3 is 2.77 bits per heavy atom. The highest BCUT2D eigenvalue weighted by atomic mass is 32.2. The number of nitrogens with one attached hydrogen (secondary N) is 1. The maximum absolute atomic E-state index is 14.1. The van der Waals surface area contributed by atoms with Gasteiger partial charge >= 0.3 is 5.97 Å². The number of aliphatic imine (C=N–C) groups is 1. The van der Waals surface area contributed by atoms with Crippen LogP contribution >= 0.6 is 11.8 Å². The van der Waals surface area contributed by atoms with Crippen LogP contribution in [0.25, 0.3) is 0 Å². The number of ether oxygens (including phenoxy) is 1. The van der Waals surface area contributed by atoms with Gasteiger partial charge < -0.3 is 15.0 Å². The van der Waals surface area contributed by atoms with Crippen LogP contribution in [0.4, 0.5) is 4.39 Å². The quantitative estimate of drug-likeness (QED) is 0.653. The molecule has 0 aliphatic carbocycles. The Bertz CT molecular complexity index is 941. The van der Waals surface area contributed by atoms with Crippen molar-refractivity contribution in [1.82, 2.24) is 10.2 Å². The minimum Gasteiger partial charge on any atom is -0.466 e. The van der Waals surface area contributed by atoms with E-state index in [2.05, 4.69) is 10.3 Å². The minimum absolute atomic E-state index is 0.0675. The van der Waals surface area contributed by atoms with Gasteiger partial charge in [0.2, 0.25) is 5.91 Å². The van der Waals surface area contributed by atoms with Crippen LogP contribution in [-0.4, -0.2) is 35.1 Å². The molecule has 2 aliphatic rings. The van der Waals surface area contributed by atoms with Crippen molar-refractivity contribution in [3.63, 3.8) is 0 Å². The molecular formula is C22H26FN3O3S. The first-order valence-corrected chi connectivity index (χ1v) is 10.9. The summed E-state index contributed by atoms with van der Waals surface area (Å²) >= 11 is 1.40. The molecule has 160 valence electrons. The number of nitrogens with zero attached hydrogens (tertiary/aromatic N) is 2. The average Bonchev–Trinajstić information content (AvgIpc) is 3.13. The molecule has 0 bridgehead atoms. The summed E-state index contributed by atoms with van der Waals surface area (Å²) in [4.78, 5) is 31.8. The van der Waals surface area contributed by atoms with Crippen LogP contribution in [0.1, 0.15) is 51.6 Å². The largest absolute Gasteiger partial charge is 0.466 e. The Kier molecular flexibility index (Phi) is 6.97. The predicted molar refractivity (Wildman–Crippen MR) is 116 cm³/mol. The van der Waals surface area contributed by atoms with Crippen LogP contribution in [0.5, 0.6) is 0 Å². The molecule has 0 saturated carbocycles. The van der Waals surface area contributed by atoms with Crippen molar-refractivity contribution in [2.45, 2.75) is 52.1 Å². The number of amides is 1. The molecular weight excluding hydrogens is 405 g/mol. The van der Waals surface area contributed by atoms with E-state index in [0.717, 1.165) is 6.42 Å².